The first-order valence-corrected chi connectivity index (χ1v) is 17.3. The SMILES string of the molecule is CC(C)(C)NC(=O)[C@@H]1CN(S(C)(=O)=O)CCN1C[C@@H](O)C[C@@H](Cc1ccc(F)cc1)C(=O)N[C@H]1c2cc(Br)ccc2C[C@H]1O. The van der Waals surface area contributed by atoms with Crippen LogP contribution in [-0.2, 0) is 32.5 Å². The largest absolute Gasteiger partial charge is 0.392 e. The number of fused-ring (bicyclic) bond motifs is 1. The summed E-state index contributed by atoms with van der Waals surface area (Å²) >= 11 is 3.46. The van der Waals surface area contributed by atoms with Gasteiger partial charge in [-0.3, -0.25) is 14.5 Å². The van der Waals surface area contributed by atoms with E-state index in [1.165, 1.54) is 16.4 Å². The summed E-state index contributed by atoms with van der Waals surface area (Å²) in [4.78, 5) is 28.8. The summed E-state index contributed by atoms with van der Waals surface area (Å²) in [7, 11) is -3.53. The molecule has 242 valence electrons. The molecule has 5 atom stereocenters. The van der Waals surface area contributed by atoms with Gasteiger partial charge in [-0.1, -0.05) is 34.1 Å². The van der Waals surface area contributed by atoms with Gasteiger partial charge in [0, 0.05) is 48.5 Å². The molecule has 1 heterocycles. The molecule has 0 radical (unpaired) electrons. The third kappa shape index (κ3) is 9.07. The highest BCUT2D eigenvalue weighted by Gasteiger charge is 2.39. The molecule has 44 heavy (non-hydrogen) atoms. The summed E-state index contributed by atoms with van der Waals surface area (Å²) in [6, 6.07) is 10.0. The lowest BCUT2D eigenvalue weighted by atomic mass is 9.91. The molecule has 2 aliphatic rings. The van der Waals surface area contributed by atoms with E-state index in [1.54, 1.807) is 17.0 Å². The van der Waals surface area contributed by atoms with Crippen molar-refractivity contribution in [2.75, 3.05) is 32.4 Å². The molecule has 1 saturated heterocycles. The third-order valence-corrected chi connectivity index (χ3v) is 9.81. The Hall–Kier alpha value is -2.42. The Morgan fingerprint density at radius 3 is 2.45 bits per heavy atom. The zero-order valence-electron chi connectivity index (χ0n) is 25.5. The molecule has 4 rings (SSSR count). The van der Waals surface area contributed by atoms with Crippen molar-refractivity contribution in [1.82, 2.24) is 19.8 Å². The number of hydrogen-bond acceptors (Lipinski definition) is 7. The molecule has 10 nitrogen and oxygen atoms in total. The van der Waals surface area contributed by atoms with Gasteiger partial charge < -0.3 is 20.8 Å². The van der Waals surface area contributed by atoms with Crippen LogP contribution in [0.2, 0.25) is 0 Å². The topological polar surface area (TPSA) is 139 Å². The number of amides is 2. The molecule has 2 aromatic rings. The Kier molecular flexibility index (Phi) is 10.9. The Labute approximate surface area is 267 Å². The first-order valence-electron chi connectivity index (χ1n) is 14.7. The lowest BCUT2D eigenvalue weighted by Gasteiger charge is -2.41. The van der Waals surface area contributed by atoms with Crippen molar-refractivity contribution < 1.29 is 32.6 Å². The Morgan fingerprint density at radius 1 is 1.14 bits per heavy atom. The number of β-amino-alcohol motifs (C(OH)–C–C–N with tert-alkyl or cyclic N) is 1. The summed E-state index contributed by atoms with van der Waals surface area (Å²) in [5.41, 5.74) is 1.91. The lowest BCUT2D eigenvalue weighted by molar-refractivity contribution is -0.131. The normalized spacial score (nSPS) is 22.7. The Bertz CT molecular complexity index is 1450. The van der Waals surface area contributed by atoms with Crippen LogP contribution in [0, 0.1) is 11.7 Å². The highest BCUT2D eigenvalue weighted by atomic mass is 79.9. The summed E-state index contributed by atoms with van der Waals surface area (Å²) in [5, 5.41) is 28.0. The highest BCUT2D eigenvalue weighted by molar-refractivity contribution is 9.10. The van der Waals surface area contributed by atoms with E-state index in [-0.39, 0.29) is 50.8 Å². The Morgan fingerprint density at radius 2 is 1.82 bits per heavy atom. The van der Waals surface area contributed by atoms with Crippen LogP contribution in [-0.4, -0.2) is 95.9 Å². The second-order valence-corrected chi connectivity index (χ2v) is 15.8. The fourth-order valence-electron chi connectivity index (χ4n) is 5.92. The van der Waals surface area contributed by atoms with Crippen molar-refractivity contribution in [1.29, 1.82) is 0 Å². The van der Waals surface area contributed by atoms with Gasteiger partial charge in [0.05, 0.1) is 24.5 Å². The van der Waals surface area contributed by atoms with E-state index in [0.717, 1.165) is 21.9 Å². The number of hydrogen-bond donors (Lipinski definition) is 4. The highest BCUT2D eigenvalue weighted by Crippen LogP contribution is 2.34. The number of carbonyl (C=O) groups is 2. The van der Waals surface area contributed by atoms with Crippen LogP contribution < -0.4 is 10.6 Å². The van der Waals surface area contributed by atoms with Gasteiger partial charge in [-0.05, 0) is 74.6 Å². The first kappa shape index (κ1) is 34.5. The molecule has 1 fully saturated rings. The number of rotatable bonds is 10. The number of nitrogens with one attached hydrogen (secondary N) is 2. The van der Waals surface area contributed by atoms with Gasteiger partial charge in [0.1, 0.15) is 11.9 Å². The number of benzene rings is 2. The van der Waals surface area contributed by atoms with Crippen molar-refractivity contribution in [3.8, 4) is 0 Å². The fraction of sp³-hybridized carbons (Fsp3) is 0.548. The second-order valence-electron chi connectivity index (χ2n) is 12.9. The van der Waals surface area contributed by atoms with E-state index in [1.807, 2.05) is 39.0 Å². The van der Waals surface area contributed by atoms with Gasteiger partial charge in [-0.15, -0.1) is 0 Å². The van der Waals surface area contributed by atoms with E-state index >= 15 is 0 Å². The summed E-state index contributed by atoms with van der Waals surface area (Å²) in [6.45, 7) is 5.87. The summed E-state index contributed by atoms with van der Waals surface area (Å²) in [6.07, 6.45) is -0.114. The number of aliphatic hydroxyl groups is 2. The van der Waals surface area contributed by atoms with Crippen molar-refractivity contribution in [2.24, 2.45) is 5.92 Å². The smallest absolute Gasteiger partial charge is 0.239 e. The second kappa shape index (κ2) is 13.9. The van der Waals surface area contributed by atoms with E-state index in [2.05, 4.69) is 26.6 Å². The van der Waals surface area contributed by atoms with Crippen molar-refractivity contribution in [3.05, 3.63) is 69.4 Å². The van der Waals surface area contributed by atoms with Gasteiger partial charge in [0.2, 0.25) is 21.8 Å². The quantitative estimate of drug-likeness (QED) is 0.299. The van der Waals surface area contributed by atoms with E-state index < -0.39 is 51.6 Å². The number of halogens is 2. The molecule has 2 aromatic carbocycles. The number of aliphatic hydroxyl groups excluding tert-OH is 2. The van der Waals surface area contributed by atoms with E-state index in [0.29, 0.717) is 12.0 Å². The predicted molar refractivity (Wildman–Crippen MR) is 169 cm³/mol. The van der Waals surface area contributed by atoms with Crippen molar-refractivity contribution in [2.45, 2.75) is 69.9 Å². The molecule has 4 N–H and O–H groups in total. The van der Waals surface area contributed by atoms with Gasteiger partial charge >= 0.3 is 0 Å². The van der Waals surface area contributed by atoms with Crippen LogP contribution in [0.15, 0.2) is 46.9 Å². The monoisotopic (exact) mass is 696 g/mol. The fourth-order valence-corrected chi connectivity index (χ4v) is 7.12. The molecule has 13 heteroatoms. The summed E-state index contributed by atoms with van der Waals surface area (Å²) < 4.78 is 40.3. The number of carbonyl (C=O) groups excluding carboxylic acids is 2. The standard InChI is InChI=1S/C31H42BrFN4O6S/c1-31(2,3)35-30(41)26-18-37(44(4,42)43)12-11-36(26)17-24(38)14-21(13-19-5-9-23(33)10-6-19)29(40)34-28-25-16-22(32)8-7-20(25)15-27(28)39/h5-10,16,21,24,26-28,38-39H,11-15,17-18H2,1-4H3,(H,34,40)(H,35,41)/t21-,24+,26+,27-,28+/m1/s1. The third-order valence-electron chi connectivity index (χ3n) is 8.05. The zero-order chi connectivity index (χ0) is 32.4. The maximum Gasteiger partial charge on any atom is 0.239 e. The van der Waals surface area contributed by atoms with Gasteiger partial charge in [0.25, 0.3) is 0 Å². The van der Waals surface area contributed by atoms with Crippen molar-refractivity contribution in [3.63, 3.8) is 0 Å². The minimum Gasteiger partial charge on any atom is -0.392 e. The van der Waals surface area contributed by atoms with Crippen LogP contribution in [0.25, 0.3) is 0 Å². The van der Waals surface area contributed by atoms with Crippen LogP contribution >= 0.6 is 15.9 Å². The van der Waals surface area contributed by atoms with Crippen LogP contribution in [0.5, 0.6) is 0 Å². The molecule has 0 saturated carbocycles. The average molecular weight is 698 g/mol. The van der Waals surface area contributed by atoms with Crippen LogP contribution in [0.1, 0.15) is 49.9 Å². The minimum atomic E-state index is -3.53. The maximum absolute atomic E-state index is 13.8. The molecule has 1 aliphatic heterocycles. The van der Waals surface area contributed by atoms with E-state index in [4.69, 9.17) is 0 Å². The van der Waals surface area contributed by atoms with Crippen LogP contribution in [0.3, 0.4) is 0 Å². The molecule has 2 amide bonds. The Balaban J connectivity index is 1.52. The molecular weight excluding hydrogens is 655 g/mol. The molecule has 1 aliphatic carbocycles. The van der Waals surface area contributed by atoms with Crippen molar-refractivity contribution >= 4 is 37.8 Å². The average Bonchev–Trinajstić information content (AvgIpc) is 3.21. The molecule has 0 aromatic heterocycles. The molecule has 0 unspecified atom stereocenters. The maximum atomic E-state index is 13.8. The molecule has 0 spiro atoms. The number of sulfonamides is 1. The zero-order valence-corrected chi connectivity index (χ0v) is 27.9. The molecule has 0 bridgehead atoms. The lowest BCUT2D eigenvalue weighted by Crippen LogP contribution is -2.62. The number of nitrogens with zero attached hydrogens (tertiary/aromatic N) is 2. The van der Waals surface area contributed by atoms with Gasteiger partial charge in [-0.2, -0.15) is 4.31 Å². The number of piperazine rings is 1. The van der Waals surface area contributed by atoms with E-state index in [9.17, 15) is 32.6 Å². The minimum absolute atomic E-state index is 0.0251. The van der Waals surface area contributed by atoms with Crippen LogP contribution in [0.4, 0.5) is 4.39 Å². The van der Waals surface area contributed by atoms with Gasteiger partial charge in [-0.25, -0.2) is 12.8 Å². The first-order chi connectivity index (χ1) is 20.5. The van der Waals surface area contributed by atoms with Gasteiger partial charge in [0.15, 0.2) is 0 Å². The summed E-state index contributed by atoms with van der Waals surface area (Å²) in [5.74, 6) is -1.86. The predicted octanol–water partition coefficient (Wildman–Crippen LogP) is 2.13. The molecular formula is C31H42BrFN4O6S.